The molecule has 2 aromatic heterocycles. The molecule has 0 atom stereocenters. The molecule has 9 heteroatoms. The van der Waals surface area contributed by atoms with E-state index in [2.05, 4.69) is 15.2 Å². The zero-order valence-electron chi connectivity index (χ0n) is 14.3. The van der Waals surface area contributed by atoms with Gasteiger partial charge in [0, 0.05) is 16.7 Å². The van der Waals surface area contributed by atoms with Crippen molar-refractivity contribution in [2.24, 2.45) is 0 Å². The molecule has 2 heterocycles. The first kappa shape index (κ1) is 18.6. The highest BCUT2D eigenvalue weighted by Gasteiger charge is 2.11. The molecular weight excluding hydrogens is 404 g/mol. The predicted octanol–water partition coefficient (Wildman–Crippen LogP) is 5.34. The molecule has 0 saturated carbocycles. The zero-order valence-corrected chi connectivity index (χ0v) is 16.0. The van der Waals surface area contributed by atoms with Gasteiger partial charge in [0.15, 0.2) is 0 Å². The smallest absolute Gasteiger partial charge is 0.277 e. The Kier molecular flexibility index (Phi) is 5.63. The number of ether oxygens (including phenoxy) is 1. The molecular formula is C19H13F2N3O2S2. The van der Waals surface area contributed by atoms with Crippen LogP contribution in [-0.2, 0) is 12.4 Å². The lowest BCUT2D eigenvalue weighted by atomic mass is 10.2. The van der Waals surface area contributed by atoms with E-state index in [-0.39, 0.29) is 11.6 Å². The Hall–Kier alpha value is -2.78. The summed E-state index contributed by atoms with van der Waals surface area (Å²) in [5.74, 6) is 0.879. The third-order valence-electron chi connectivity index (χ3n) is 3.62. The van der Waals surface area contributed by atoms with Crippen LogP contribution < -0.4 is 4.74 Å². The average Bonchev–Trinajstić information content (AvgIpc) is 3.36. The third kappa shape index (κ3) is 4.73. The molecule has 0 bridgehead atoms. The maximum absolute atomic E-state index is 13.0. The van der Waals surface area contributed by atoms with Crippen LogP contribution in [0.25, 0.3) is 11.5 Å². The number of aromatic nitrogens is 3. The summed E-state index contributed by atoms with van der Waals surface area (Å²) in [5, 5.41) is 11.1. The summed E-state index contributed by atoms with van der Waals surface area (Å²) in [7, 11) is 0. The minimum absolute atomic E-state index is 0.301. The molecule has 0 N–H and O–H groups in total. The van der Waals surface area contributed by atoms with Gasteiger partial charge < -0.3 is 9.15 Å². The van der Waals surface area contributed by atoms with E-state index in [0.717, 1.165) is 10.7 Å². The van der Waals surface area contributed by atoms with E-state index in [0.29, 0.717) is 34.8 Å². The number of thioether (sulfide) groups is 1. The highest BCUT2D eigenvalue weighted by molar-refractivity contribution is 7.98. The maximum Gasteiger partial charge on any atom is 0.277 e. The second-order valence-electron chi connectivity index (χ2n) is 5.64. The highest BCUT2D eigenvalue weighted by atomic mass is 32.2. The Balaban J connectivity index is 1.31. The molecule has 5 nitrogen and oxygen atoms in total. The quantitative estimate of drug-likeness (QED) is 0.378. The lowest BCUT2D eigenvalue weighted by Gasteiger charge is -2.03. The molecule has 4 rings (SSSR count). The molecule has 0 aliphatic carbocycles. The van der Waals surface area contributed by atoms with Gasteiger partial charge in [-0.2, -0.15) is 0 Å². The van der Waals surface area contributed by atoms with Crippen LogP contribution in [0.15, 0.2) is 63.6 Å². The Labute approximate surface area is 167 Å². The Morgan fingerprint density at radius 3 is 2.43 bits per heavy atom. The van der Waals surface area contributed by atoms with E-state index in [1.165, 1.54) is 47.4 Å². The molecule has 0 aliphatic heterocycles. The Morgan fingerprint density at radius 2 is 1.68 bits per heavy atom. The van der Waals surface area contributed by atoms with E-state index < -0.39 is 0 Å². The van der Waals surface area contributed by atoms with Crippen molar-refractivity contribution in [2.75, 3.05) is 0 Å². The van der Waals surface area contributed by atoms with Gasteiger partial charge in [0.25, 0.3) is 5.22 Å². The normalized spacial score (nSPS) is 10.9. The summed E-state index contributed by atoms with van der Waals surface area (Å²) >= 11 is 2.85. The topological polar surface area (TPSA) is 61.0 Å². The molecule has 0 amide bonds. The summed E-state index contributed by atoms with van der Waals surface area (Å²) in [5.41, 5.74) is 1.53. The minimum atomic E-state index is -0.319. The first-order chi connectivity index (χ1) is 13.7. The van der Waals surface area contributed by atoms with Crippen LogP contribution in [0.4, 0.5) is 8.78 Å². The van der Waals surface area contributed by atoms with Crippen molar-refractivity contribution in [3.05, 3.63) is 76.2 Å². The molecule has 2 aromatic carbocycles. The van der Waals surface area contributed by atoms with Gasteiger partial charge >= 0.3 is 0 Å². The lowest BCUT2D eigenvalue weighted by Crippen LogP contribution is -1.95. The summed E-state index contributed by atoms with van der Waals surface area (Å²) in [4.78, 5) is 4.50. The van der Waals surface area contributed by atoms with Gasteiger partial charge in [0.2, 0.25) is 5.89 Å². The molecule has 0 spiro atoms. The van der Waals surface area contributed by atoms with Gasteiger partial charge in [-0.25, -0.2) is 13.8 Å². The van der Waals surface area contributed by atoms with Crippen molar-refractivity contribution in [1.29, 1.82) is 0 Å². The monoisotopic (exact) mass is 417 g/mol. The van der Waals surface area contributed by atoms with Gasteiger partial charge in [-0.15, -0.1) is 21.5 Å². The van der Waals surface area contributed by atoms with Crippen LogP contribution in [0.2, 0.25) is 0 Å². The maximum atomic E-state index is 13.0. The van der Waals surface area contributed by atoms with Crippen LogP contribution in [-0.4, -0.2) is 15.2 Å². The van der Waals surface area contributed by atoms with Crippen LogP contribution in [0.3, 0.4) is 0 Å². The van der Waals surface area contributed by atoms with Crippen LogP contribution in [0.5, 0.6) is 5.75 Å². The van der Waals surface area contributed by atoms with Crippen LogP contribution in [0.1, 0.15) is 10.7 Å². The molecule has 4 aromatic rings. The summed E-state index contributed by atoms with van der Waals surface area (Å²) in [6, 6.07) is 11.7. The second kappa shape index (κ2) is 8.49. The van der Waals surface area contributed by atoms with Crippen molar-refractivity contribution in [1.82, 2.24) is 15.2 Å². The molecule has 142 valence electrons. The van der Waals surface area contributed by atoms with Gasteiger partial charge in [-0.1, -0.05) is 11.8 Å². The van der Waals surface area contributed by atoms with Crippen molar-refractivity contribution in [3.63, 3.8) is 0 Å². The predicted molar refractivity (Wildman–Crippen MR) is 102 cm³/mol. The summed E-state index contributed by atoms with van der Waals surface area (Å²) < 4.78 is 37.1. The highest BCUT2D eigenvalue weighted by Crippen LogP contribution is 2.26. The number of hydrogen-bond acceptors (Lipinski definition) is 7. The van der Waals surface area contributed by atoms with Crippen molar-refractivity contribution in [3.8, 4) is 17.2 Å². The number of benzene rings is 2. The SMILES string of the molecule is Fc1ccc(OCc2nc(CSc3nnc(-c4ccc(F)cc4)o3)cs2)cc1. The minimum Gasteiger partial charge on any atom is -0.486 e. The van der Waals surface area contributed by atoms with Crippen molar-refractivity contribution >= 4 is 23.1 Å². The van der Waals surface area contributed by atoms with Crippen LogP contribution in [0, 0.1) is 11.6 Å². The molecule has 0 saturated heterocycles. The van der Waals surface area contributed by atoms with E-state index in [1.54, 1.807) is 24.3 Å². The van der Waals surface area contributed by atoms with Gasteiger partial charge in [-0.05, 0) is 48.5 Å². The van der Waals surface area contributed by atoms with E-state index in [4.69, 9.17) is 9.15 Å². The van der Waals surface area contributed by atoms with E-state index in [9.17, 15) is 8.78 Å². The first-order valence-electron chi connectivity index (χ1n) is 8.19. The lowest BCUT2D eigenvalue weighted by molar-refractivity contribution is 0.305. The van der Waals surface area contributed by atoms with Gasteiger partial charge in [0.05, 0.1) is 5.69 Å². The third-order valence-corrected chi connectivity index (χ3v) is 5.34. The molecule has 0 unspecified atom stereocenters. The first-order valence-corrected chi connectivity index (χ1v) is 10.1. The van der Waals surface area contributed by atoms with Crippen LogP contribution >= 0.6 is 23.1 Å². The van der Waals surface area contributed by atoms with E-state index in [1.807, 2.05) is 5.38 Å². The molecule has 28 heavy (non-hydrogen) atoms. The number of hydrogen-bond donors (Lipinski definition) is 0. The number of halogens is 2. The number of thiazole rings is 1. The molecule has 0 aliphatic rings. The second-order valence-corrected chi connectivity index (χ2v) is 7.51. The summed E-state index contributed by atoms with van der Waals surface area (Å²) in [6.45, 7) is 0.316. The van der Waals surface area contributed by atoms with Gasteiger partial charge in [-0.3, -0.25) is 0 Å². The fourth-order valence-electron chi connectivity index (χ4n) is 2.27. The summed E-state index contributed by atoms with van der Waals surface area (Å²) in [6.07, 6.45) is 0. The number of rotatable bonds is 7. The van der Waals surface area contributed by atoms with Crippen molar-refractivity contribution < 1.29 is 17.9 Å². The average molecular weight is 417 g/mol. The van der Waals surface area contributed by atoms with Crippen molar-refractivity contribution in [2.45, 2.75) is 17.6 Å². The van der Waals surface area contributed by atoms with Gasteiger partial charge in [0.1, 0.15) is 29.0 Å². The van der Waals surface area contributed by atoms with E-state index >= 15 is 0 Å². The number of nitrogens with zero attached hydrogens (tertiary/aromatic N) is 3. The molecule has 0 fully saturated rings. The Morgan fingerprint density at radius 1 is 0.964 bits per heavy atom. The zero-order chi connectivity index (χ0) is 19.3. The fourth-order valence-corrected chi connectivity index (χ4v) is 3.74. The molecule has 0 radical (unpaired) electrons. The fraction of sp³-hybridized carbons (Fsp3) is 0.105. The standard InChI is InChI=1S/C19H13F2N3O2S2/c20-13-3-1-12(2-4-13)18-23-24-19(26-18)28-11-15-10-27-17(22-15)9-25-16-7-5-14(21)6-8-16/h1-8,10H,9,11H2. The largest absolute Gasteiger partial charge is 0.486 e. The Bertz CT molecular complexity index is 1050.